The van der Waals surface area contributed by atoms with Crippen LogP contribution in [0.3, 0.4) is 0 Å². The van der Waals surface area contributed by atoms with Crippen molar-refractivity contribution in [2.45, 2.75) is 32.2 Å². The van der Waals surface area contributed by atoms with Crippen LogP contribution in [0.1, 0.15) is 26.2 Å². The van der Waals surface area contributed by atoms with Gasteiger partial charge in [-0.25, -0.2) is 0 Å². The first-order chi connectivity index (χ1) is 9.26. The lowest BCUT2D eigenvalue weighted by Gasteiger charge is -2.35. The number of hydrogen-bond donors (Lipinski definition) is 1. The Bertz CT molecular complexity index is 344. The standard InChI is InChI=1S/C14H24N2O3/c1-2-16(12-5-3-4-6-12)14(18)9-15-7-8-19-11-13(15)10-17/h5,13,17H,2-4,6-11H2,1H3. The second kappa shape index (κ2) is 7.03. The minimum Gasteiger partial charge on any atom is -0.395 e. The van der Waals surface area contributed by atoms with Gasteiger partial charge in [-0.15, -0.1) is 0 Å². The third-order valence-electron chi connectivity index (χ3n) is 3.88. The number of allylic oxidation sites excluding steroid dienone is 2. The fourth-order valence-corrected chi connectivity index (χ4v) is 2.76. The lowest BCUT2D eigenvalue weighted by Crippen LogP contribution is -2.51. The van der Waals surface area contributed by atoms with Crippen LogP contribution >= 0.6 is 0 Å². The van der Waals surface area contributed by atoms with Crippen LogP contribution in [0.2, 0.25) is 0 Å². The van der Waals surface area contributed by atoms with E-state index in [9.17, 15) is 9.90 Å². The zero-order chi connectivity index (χ0) is 13.7. The van der Waals surface area contributed by atoms with Crippen molar-refractivity contribution < 1.29 is 14.6 Å². The molecule has 5 nitrogen and oxygen atoms in total. The van der Waals surface area contributed by atoms with Gasteiger partial charge in [-0.05, 0) is 26.2 Å². The number of aliphatic hydroxyl groups is 1. The first kappa shape index (κ1) is 14.5. The van der Waals surface area contributed by atoms with Gasteiger partial charge in [0.1, 0.15) is 0 Å². The molecule has 2 rings (SSSR count). The molecule has 5 heteroatoms. The van der Waals surface area contributed by atoms with Gasteiger partial charge in [-0.3, -0.25) is 9.69 Å². The summed E-state index contributed by atoms with van der Waals surface area (Å²) in [7, 11) is 0. The average molecular weight is 268 g/mol. The molecule has 1 aliphatic carbocycles. The van der Waals surface area contributed by atoms with E-state index in [1.165, 1.54) is 5.70 Å². The van der Waals surface area contributed by atoms with E-state index in [-0.39, 0.29) is 18.6 Å². The zero-order valence-corrected chi connectivity index (χ0v) is 11.7. The predicted octanol–water partition coefficient (Wildman–Crippen LogP) is 0.596. The normalized spacial score (nSPS) is 24.3. The second-order valence-electron chi connectivity index (χ2n) is 5.11. The summed E-state index contributed by atoms with van der Waals surface area (Å²) in [6.45, 7) is 5.02. The molecule has 0 saturated carbocycles. The molecule has 1 saturated heterocycles. The summed E-state index contributed by atoms with van der Waals surface area (Å²) in [5.74, 6) is 0.135. The third kappa shape index (κ3) is 3.55. The molecule has 0 bridgehead atoms. The molecular weight excluding hydrogens is 244 g/mol. The van der Waals surface area contributed by atoms with Crippen LogP contribution in [0, 0.1) is 0 Å². The lowest BCUT2D eigenvalue weighted by molar-refractivity contribution is -0.133. The lowest BCUT2D eigenvalue weighted by atomic mass is 10.2. The molecule has 108 valence electrons. The molecule has 0 radical (unpaired) electrons. The summed E-state index contributed by atoms with van der Waals surface area (Å²) in [5, 5.41) is 9.32. The van der Waals surface area contributed by atoms with Crippen molar-refractivity contribution in [3.8, 4) is 0 Å². The van der Waals surface area contributed by atoms with Crippen molar-refractivity contribution in [2.24, 2.45) is 0 Å². The van der Waals surface area contributed by atoms with Crippen LogP contribution in [0.15, 0.2) is 11.8 Å². The molecule has 0 spiro atoms. The maximum atomic E-state index is 12.4. The Balaban J connectivity index is 1.94. The minimum absolute atomic E-state index is 0.0438. The molecule has 1 N–H and O–H groups in total. The molecular formula is C14H24N2O3. The first-order valence-electron chi connectivity index (χ1n) is 7.18. The summed E-state index contributed by atoms with van der Waals surface area (Å²) >= 11 is 0. The van der Waals surface area contributed by atoms with Crippen molar-refractivity contribution in [2.75, 3.05) is 39.5 Å². The fourth-order valence-electron chi connectivity index (χ4n) is 2.76. The Morgan fingerprint density at radius 2 is 2.47 bits per heavy atom. The minimum atomic E-state index is -0.0473. The van der Waals surface area contributed by atoms with Gasteiger partial charge in [0, 0.05) is 18.8 Å². The molecule has 1 fully saturated rings. The molecule has 1 heterocycles. The highest BCUT2D eigenvalue weighted by atomic mass is 16.5. The van der Waals surface area contributed by atoms with E-state index >= 15 is 0 Å². The van der Waals surface area contributed by atoms with E-state index in [1.54, 1.807) is 0 Å². The van der Waals surface area contributed by atoms with Crippen LogP contribution in [-0.4, -0.2) is 66.3 Å². The van der Waals surface area contributed by atoms with Crippen molar-refractivity contribution in [1.82, 2.24) is 9.80 Å². The Morgan fingerprint density at radius 1 is 1.63 bits per heavy atom. The van der Waals surface area contributed by atoms with Gasteiger partial charge in [-0.1, -0.05) is 6.08 Å². The molecule has 2 aliphatic rings. The number of carbonyl (C=O) groups excluding carboxylic acids is 1. The second-order valence-corrected chi connectivity index (χ2v) is 5.11. The van der Waals surface area contributed by atoms with Gasteiger partial charge in [0.05, 0.1) is 32.4 Å². The smallest absolute Gasteiger partial charge is 0.240 e. The van der Waals surface area contributed by atoms with E-state index in [2.05, 4.69) is 6.08 Å². The fraction of sp³-hybridized carbons (Fsp3) is 0.786. The Kier molecular flexibility index (Phi) is 5.36. The van der Waals surface area contributed by atoms with Crippen LogP contribution in [-0.2, 0) is 9.53 Å². The first-order valence-corrected chi connectivity index (χ1v) is 7.18. The van der Waals surface area contributed by atoms with Crippen molar-refractivity contribution in [1.29, 1.82) is 0 Å². The zero-order valence-electron chi connectivity index (χ0n) is 11.7. The van der Waals surface area contributed by atoms with Crippen molar-refractivity contribution in [3.63, 3.8) is 0 Å². The highest BCUT2D eigenvalue weighted by Gasteiger charge is 2.27. The summed E-state index contributed by atoms with van der Waals surface area (Å²) in [6, 6.07) is -0.0473. The molecule has 1 amide bonds. The van der Waals surface area contributed by atoms with Gasteiger partial charge in [0.15, 0.2) is 0 Å². The summed E-state index contributed by atoms with van der Waals surface area (Å²) in [4.78, 5) is 16.3. The van der Waals surface area contributed by atoms with E-state index < -0.39 is 0 Å². The molecule has 1 aliphatic heterocycles. The molecule has 0 aromatic rings. The molecule has 1 atom stereocenters. The number of aliphatic hydroxyl groups excluding tert-OH is 1. The highest BCUT2D eigenvalue weighted by molar-refractivity contribution is 5.80. The quantitative estimate of drug-likeness (QED) is 0.793. The van der Waals surface area contributed by atoms with E-state index in [0.29, 0.717) is 26.3 Å². The number of morpholine rings is 1. The Hall–Kier alpha value is -0.910. The summed E-state index contributed by atoms with van der Waals surface area (Å²) in [5.41, 5.74) is 1.17. The number of rotatable bonds is 5. The van der Waals surface area contributed by atoms with Crippen LogP contribution in [0.5, 0.6) is 0 Å². The van der Waals surface area contributed by atoms with Gasteiger partial charge < -0.3 is 14.7 Å². The molecule has 1 unspecified atom stereocenters. The van der Waals surface area contributed by atoms with Crippen LogP contribution < -0.4 is 0 Å². The molecule has 19 heavy (non-hydrogen) atoms. The van der Waals surface area contributed by atoms with Crippen LogP contribution in [0.25, 0.3) is 0 Å². The van der Waals surface area contributed by atoms with Gasteiger partial charge >= 0.3 is 0 Å². The number of ether oxygens (including phenoxy) is 1. The van der Waals surface area contributed by atoms with Gasteiger partial charge in [-0.2, -0.15) is 0 Å². The Labute approximate surface area is 114 Å². The van der Waals surface area contributed by atoms with Gasteiger partial charge in [0.25, 0.3) is 0 Å². The van der Waals surface area contributed by atoms with E-state index in [1.807, 2.05) is 16.7 Å². The number of likely N-dealkylation sites (N-methyl/N-ethyl adjacent to an activating group) is 1. The number of carbonyl (C=O) groups is 1. The van der Waals surface area contributed by atoms with E-state index in [0.717, 1.165) is 25.8 Å². The monoisotopic (exact) mass is 268 g/mol. The summed E-state index contributed by atoms with van der Waals surface area (Å²) < 4.78 is 5.33. The Morgan fingerprint density at radius 3 is 3.11 bits per heavy atom. The molecule has 0 aromatic carbocycles. The van der Waals surface area contributed by atoms with Crippen LogP contribution in [0.4, 0.5) is 0 Å². The van der Waals surface area contributed by atoms with Crippen molar-refractivity contribution >= 4 is 5.91 Å². The largest absolute Gasteiger partial charge is 0.395 e. The topological polar surface area (TPSA) is 53.0 Å². The summed E-state index contributed by atoms with van der Waals surface area (Å²) in [6.07, 6.45) is 5.40. The van der Waals surface area contributed by atoms with Gasteiger partial charge in [0.2, 0.25) is 5.91 Å². The van der Waals surface area contributed by atoms with E-state index in [4.69, 9.17) is 4.74 Å². The highest BCUT2D eigenvalue weighted by Crippen LogP contribution is 2.21. The molecule has 0 aromatic heterocycles. The number of nitrogens with zero attached hydrogens (tertiary/aromatic N) is 2. The number of hydrogen-bond acceptors (Lipinski definition) is 4. The maximum Gasteiger partial charge on any atom is 0.240 e. The van der Waals surface area contributed by atoms with Crippen molar-refractivity contribution in [3.05, 3.63) is 11.8 Å². The SMILES string of the molecule is CCN(C(=O)CN1CCOCC1CO)C1=CCCC1. The third-order valence-corrected chi connectivity index (χ3v) is 3.88. The predicted molar refractivity (Wildman–Crippen MR) is 72.6 cm³/mol. The average Bonchev–Trinajstić information content (AvgIpc) is 2.94. The number of amides is 1. The maximum absolute atomic E-state index is 12.4.